The van der Waals surface area contributed by atoms with Crippen molar-refractivity contribution in [2.75, 3.05) is 26.8 Å². The summed E-state index contributed by atoms with van der Waals surface area (Å²) in [5, 5.41) is 11.8. The highest BCUT2D eigenvalue weighted by Gasteiger charge is 2.12. The lowest BCUT2D eigenvalue weighted by molar-refractivity contribution is 0.177. The molecule has 0 saturated carbocycles. The molecule has 1 rings (SSSR count). The van der Waals surface area contributed by atoms with E-state index in [-0.39, 0.29) is 12.6 Å². The van der Waals surface area contributed by atoms with E-state index in [1.54, 1.807) is 12.0 Å². The average Bonchev–Trinajstić information content (AvgIpc) is 2.44. The highest BCUT2D eigenvalue weighted by molar-refractivity contribution is 5.74. The van der Waals surface area contributed by atoms with Crippen molar-refractivity contribution in [3.05, 3.63) is 29.8 Å². The second-order valence-electron chi connectivity index (χ2n) is 4.18. The van der Waals surface area contributed by atoms with Crippen LogP contribution in [0.5, 0.6) is 5.75 Å². The molecule has 1 aromatic rings. The summed E-state index contributed by atoms with van der Waals surface area (Å²) in [4.78, 5) is 13.6. The number of methoxy groups -OCH3 is 1. The van der Waals surface area contributed by atoms with Gasteiger partial charge in [-0.25, -0.2) is 4.79 Å². The van der Waals surface area contributed by atoms with Gasteiger partial charge in [0.1, 0.15) is 5.75 Å². The first-order chi connectivity index (χ1) is 9.22. The van der Waals surface area contributed by atoms with Crippen LogP contribution in [0.2, 0.25) is 0 Å². The smallest absolute Gasteiger partial charge is 0.317 e. The number of urea groups is 1. The number of ether oxygens (including phenoxy) is 1. The minimum absolute atomic E-state index is 0.0257. The number of nitrogens with one attached hydrogen (secondary N) is 1. The Bertz CT molecular complexity index is 390. The minimum Gasteiger partial charge on any atom is -0.496 e. The van der Waals surface area contributed by atoms with Crippen LogP contribution in [0.4, 0.5) is 4.79 Å². The quantitative estimate of drug-likeness (QED) is 0.788. The zero-order chi connectivity index (χ0) is 14.1. The first-order valence-electron chi connectivity index (χ1n) is 6.48. The lowest BCUT2D eigenvalue weighted by atomic mass is 10.2. The number of aliphatic hydroxyl groups is 1. The normalized spacial score (nSPS) is 10.1. The maximum Gasteiger partial charge on any atom is 0.317 e. The third-order valence-electron chi connectivity index (χ3n) is 2.77. The Kier molecular flexibility index (Phi) is 6.74. The second-order valence-corrected chi connectivity index (χ2v) is 4.18. The molecule has 0 aromatic heterocycles. The molecule has 0 unspecified atom stereocenters. The van der Waals surface area contributed by atoms with Crippen molar-refractivity contribution in [1.82, 2.24) is 10.2 Å². The van der Waals surface area contributed by atoms with Crippen LogP contribution in [0.25, 0.3) is 0 Å². The van der Waals surface area contributed by atoms with Crippen LogP contribution < -0.4 is 10.1 Å². The highest BCUT2D eigenvalue weighted by atomic mass is 16.5. The first-order valence-corrected chi connectivity index (χ1v) is 6.48. The van der Waals surface area contributed by atoms with Gasteiger partial charge < -0.3 is 20.1 Å². The molecule has 0 atom stereocenters. The predicted octanol–water partition coefficient (Wildman–Crippen LogP) is 1.61. The highest BCUT2D eigenvalue weighted by Crippen LogP contribution is 2.16. The van der Waals surface area contributed by atoms with Gasteiger partial charge in [0.25, 0.3) is 0 Å². The molecule has 5 nitrogen and oxygen atoms in total. The first kappa shape index (κ1) is 15.3. The van der Waals surface area contributed by atoms with Crippen molar-refractivity contribution < 1.29 is 14.6 Å². The van der Waals surface area contributed by atoms with Gasteiger partial charge in [-0.15, -0.1) is 0 Å². The van der Waals surface area contributed by atoms with Crippen molar-refractivity contribution in [2.24, 2.45) is 0 Å². The molecule has 0 fully saturated rings. The van der Waals surface area contributed by atoms with E-state index in [0.29, 0.717) is 19.6 Å². The largest absolute Gasteiger partial charge is 0.496 e. The van der Waals surface area contributed by atoms with Gasteiger partial charge in [-0.2, -0.15) is 0 Å². The maximum absolute atomic E-state index is 12.0. The molecule has 106 valence electrons. The number of amides is 2. The van der Waals surface area contributed by atoms with E-state index >= 15 is 0 Å². The van der Waals surface area contributed by atoms with Crippen LogP contribution in [0.3, 0.4) is 0 Å². The number of benzene rings is 1. The van der Waals surface area contributed by atoms with Gasteiger partial charge in [0, 0.05) is 25.2 Å². The van der Waals surface area contributed by atoms with E-state index in [0.717, 1.165) is 17.7 Å². The van der Waals surface area contributed by atoms with E-state index in [4.69, 9.17) is 9.84 Å². The fourth-order valence-corrected chi connectivity index (χ4v) is 1.84. The Hall–Kier alpha value is -1.75. The molecular formula is C14H22N2O3. The molecule has 0 saturated heterocycles. The maximum atomic E-state index is 12.0. The lowest BCUT2D eigenvalue weighted by Gasteiger charge is -2.21. The van der Waals surface area contributed by atoms with Crippen LogP contribution >= 0.6 is 0 Å². The molecule has 0 aliphatic rings. The van der Waals surface area contributed by atoms with Crippen molar-refractivity contribution in [3.63, 3.8) is 0 Å². The van der Waals surface area contributed by atoms with Crippen LogP contribution in [0.15, 0.2) is 24.3 Å². The monoisotopic (exact) mass is 266 g/mol. The molecule has 5 heteroatoms. The molecule has 2 amide bonds. The van der Waals surface area contributed by atoms with E-state index in [1.807, 2.05) is 31.2 Å². The molecular weight excluding hydrogens is 244 g/mol. The summed E-state index contributed by atoms with van der Waals surface area (Å²) in [5.41, 5.74) is 0.929. The van der Waals surface area contributed by atoms with Gasteiger partial charge in [-0.1, -0.05) is 25.1 Å². The molecule has 0 heterocycles. The van der Waals surface area contributed by atoms with Gasteiger partial charge >= 0.3 is 6.03 Å². The van der Waals surface area contributed by atoms with Crippen molar-refractivity contribution in [1.29, 1.82) is 0 Å². The van der Waals surface area contributed by atoms with Gasteiger partial charge in [-0.05, 0) is 12.5 Å². The van der Waals surface area contributed by atoms with Gasteiger partial charge in [-0.3, -0.25) is 0 Å². The van der Waals surface area contributed by atoms with Crippen molar-refractivity contribution in [2.45, 2.75) is 19.9 Å². The number of nitrogens with zero attached hydrogens (tertiary/aromatic N) is 1. The third kappa shape index (κ3) is 4.79. The molecule has 1 aromatic carbocycles. The number of hydrogen-bond acceptors (Lipinski definition) is 3. The molecule has 2 N–H and O–H groups in total. The van der Waals surface area contributed by atoms with E-state index in [2.05, 4.69) is 5.32 Å². The summed E-state index contributed by atoms with van der Waals surface area (Å²) < 4.78 is 5.23. The van der Waals surface area contributed by atoms with Crippen molar-refractivity contribution >= 4 is 6.03 Å². The minimum atomic E-state index is -0.165. The zero-order valence-electron chi connectivity index (χ0n) is 11.6. The molecule has 0 bridgehead atoms. The number of rotatable bonds is 7. The van der Waals surface area contributed by atoms with Gasteiger partial charge in [0.15, 0.2) is 0 Å². The number of carbonyl (C=O) groups is 1. The number of hydrogen-bond donors (Lipinski definition) is 2. The average molecular weight is 266 g/mol. The van der Waals surface area contributed by atoms with Crippen molar-refractivity contribution in [3.8, 4) is 5.75 Å². The summed E-state index contributed by atoms with van der Waals surface area (Å²) in [6.07, 6.45) is 0.863. The fraction of sp³-hybridized carbons (Fsp3) is 0.500. The van der Waals surface area contributed by atoms with E-state index in [9.17, 15) is 4.79 Å². The second kappa shape index (κ2) is 8.37. The van der Waals surface area contributed by atoms with E-state index < -0.39 is 0 Å². The predicted molar refractivity (Wildman–Crippen MR) is 74.2 cm³/mol. The Balaban J connectivity index is 2.56. The van der Waals surface area contributed by atoms with Gasteiger partial charge in [0.05, 0.1) is 13.7 Å². The molecule has 0 radical (unpaired) electrons. The molecule has 0 aliphatic carbocycles. The summed E-state index contributed by atoms with van der Waals surface area (Å²) >= 11 is 0. The summed E-state index contributed by atoms with van der Waals surface area (Å²) in [6, 6.07) is 7.40. The number of carbonyl (C=O) groups excluding carboxylic acids is 1. The topological polar surface area (TPSA) is 61.8 Å². The van der Waals surface area contributed by atoms with E-state index in [1.165, 1.54) is 0 Å². The SMILES string of the molecule is CCCN(CCO)C(=O)NCc1ccccc1OC. The number of aliphatic hydroxyl groups excluding tert-OH is 1. The molecule has 19 heavy (non-hydrogen) atoms. The van der Waals surface area contributed by atoms with Crippen LogP contribution in [0.1, 0.15) is 18.9 Å². The standard InChI is InChI=1S/C14H22N2O3/c1-3-8-16(9-10-17)14(18)15-11-12-6-4-5-7-13(12)19-2/h4-7,17H,3,8-11H2,1-2H3,(H,15,18). The Morgan fingerprint density at radius 3 is 2.74 bits per heavy atom. The summed E-state index contributed by atoms with van der Waals surface area (Å²) in [5.74, 6) is 0.756. The summed E-state index contributed by atoms with van der Waals surface area (Å²) in [7, 11) is 1.61. The lowest BCUT2D eigenvalue weighted by Crippen LogP contribution is -2.41. The zero-order valence-corrected chi connectivity index (χ0v) is 11.6. The summed E-state index contributed by atoms with van der Waals surface area (Å²) in [6.45, 7) is 3.37. The number of para-hydroxylation sites is 1. The van der Waals surface area contributed by atoms with Gasteiger partial charge in [0.2, 0.25) is 0 Å². The third-order valence-corrected chi connectivity index (χ3v) is 2.77. The fourth-order valence-electron chi connectivity index (χ4n) is 1.84. The van der Waals surface area contributed by atoms with Crippen LogP contribution in [-0.4, -0.2) is 42.8 Å². The van der Waals surface area contributed by atoms with Crippen LogP contribution in [0, 0.1) is 0 Å². The Morgan fingerprint density at radius 1 is 1.37 bits per heavy atom. The Labute approximate surface area is 114 Å². The molecule has 0 spiro atoms. The Morgan fingerprint density at radius 2 is 2.11 bits per heavy atom. The van der Waals surface area contributed by atoms with Crippen LogP contribution in [-0.2, 0) is 6.54 Å². The molecule has 0 aliphatic heterocycles.